The SMILES string of the molecule is N#Cc1ccc(C(=O)NCc2ccnc(-n3cccn3)c2)cc1. The van der Waals surface area contributed by atoms with Crippen LogP contribution >= 0.6 is 0 Å². The molecule has 0 spiro atoms. The lowest BCUT2D eigenvalue weighted by atomic mass is 10.1. The summed E-state index contributed by atoms with van der Waals surface area (Å²) in [7, 11) is 0. The Morgan fingerprint density at radius 3 is 2.74 bits per heavy atom. The van der Waals surface area contributed by atoms with E-state index in [9.17, 15) is 4.79 Å². The minimum Gasteiger partial charge on any atom is -0.348 e. The third-order valence-electron chi connectivity index (χ3n) is 3.28. The highest BCUT2D eigenvalue weighted by Crippen LogP contribution is 2.07. The Morgan fingerprint density at radius 2 is 2.04 bits per heavy atom. The Bertz CT molecular complexity index is 847. The lowest BCUT2D eigenvalue weighted by Gasteiger charge is -2.07. The van der Waals surface area contributed by atoms with E-state index >= 15 is 0 Å². The molecule has 6 nitrogen and oxygen atoms in total. The van der Waals surface area contributed by atoms with Gasteiger partial charge < -0.3 is 5.32 Å². The van der Waals surface area contributed by atoms with Crippen LogP contribution < -0.4 is 5.32 Å². The predicted octanol–water partition coefficient (Wildman–Crippen LogP) is 2.07. The van der Waals surface area contributed by atoms with Crippen LogP contribution in [0, 0.1) is 11.3 Å². The highest BCUT2D eigenvalue weighted by molar-refractivity contribution is 5.94. The number of rotatable bonds is 4. The normalized spacial score (nSPS) is 10.0. The molecule has 2 aromatic heterocycles. The van der Waals surface area contributed by atoms with Crippen LogP contribution in [0.3, 0.4) is 0 Å². The lowest BCUT2D eigenvalue weighted by molar-refractivity contribution is 0.0951. The molecule has 23 heavy (non-hydrogen) atoms. The number of hydrogen-bond donors (Lipinski definition) is 1. The maximum absolute atomic E-state index is 12.1. The second-order valence-corrected chi connectivity index (χ2v) is 4.84. The van der Waals surface area contributed by atoms with Gasteiger partial charge in [0.05, 0.1) is 11.6 Å². The quantitative estimate of drug-likeness (QED) is 0.799. The number of nitriles is 1. The van der Waals surface area contributed by atoms with Crippen LogP contribution in [0.2, 0.25) is 0 Å². The molecular formula is C17H13N5O. The summed E-state index contributed by atoms with van der Waals surface area (Å²) in [6.45, 7) is 0.385. The maximum Gasteiger partial charge on any atom is 0.251 e. The first-order valence-corrected chi connectivity index (χ1v) is 6.99. The van der Waals surface area contributed by atoms with Crippen molar-refractivity contribution in [1.29, 1.82) is 5.26 Å². The Balaban J connectivity index is 1.67. The number of carbonyl (C=O) groups excluding carboxylic acids is 1. The Hall–Kier alpha value is -3.46. The van der Waals surface area contributed by atoms with Crippen molar-refractivity contribution in [3.63, 3.8) is 0 Å². The van der Waals surface area contributed by atoms with E-state index in [1.165, 1.54) is 0 Å². The largest absolute Gasteiger partial charge is 0.348 e. The van der Waals surface area contributed by atoms with Crippen molar-refractivity contribution in [1.82, 2.24) is 20.1 Å². The Kier molecular flexibility index (Phi) is 4.11. The fourth-order valence-corrected chi connectivity index (χ4v) is 2.08. The summed E-state index contributed by atoms with van der Waals surface area (Å²) in [5.74, 6) is 0.507. The van der Waals surface area contributed by atoms with E-state index in [0.29, 0.717) is 23.5 Å². The molecule has 0 aliphatic rings. The van der Waals surface area contributed by atoms with Crippen molar-refractivity contribution in [3.8, 4) is 11.9 Å². The minimum absolute atomic E-state index is 0.188. The summed E-state index contributed by atoms with van der Waals surface area (Å²) in [5.41, 5.74) is 1.97. The first-order chi connectivity index (χ1) is 11.3. The van der Waals surface area contributed by atoms with E-state index in [1.807, 2.05) is 24.3 Å². The smallest absolute Gasteiger partial charge is 0.251 e. The zero-order valence-electron chi connectivity index (χ0n) is 12.2. The summed E-state index contributed by atoms with van der Waals surface area (Å²) >= 11 is 0. The van der Waals surface area contributed by atoms with Crippen LogP contribution in [0.15, 0.2) is 61.1 Å². The van der Waals surface area contributed by atoms with Crippen molar-refractivity contribution in [2.24, 2.45) is 0 Å². The van der Waals surface area contributed by atoms with Gasteiger partial charge in [0.15, 0.2) is 5.82 Å². The number of nitrogens with one attached hydrogen (secondary N) is 1. The molecule has 0 bridgehead atoms. The number of amides is 1. The fraction of sp³-hybridized carbons (Fsp3) is 0.0588. The van der Waals surface area contributed by atoms with Crippen molar-refractivity contribution < 1.29 is 4.79 Å². The van der Waals surface area contributed by atoms with Crippen LogP contribution in [-0.4, -0.2) is 20.7 Å². The Morgan fingerprint density at radius 1 is 1.22 bits per heavy atom. The van der Waals surface area contributed by atoms with Gasteiger partial charge in [0.25, 0.3) is 5.91 Å². The third-order valence-corrected chi connectivity index (χ3v) is 3.28. The average molecular weight is 303 g/mol. The molecule has 0 atom stereocenters. The number of hydrogen-bond acceptors (Lipinski definition) is 4. The Labute approximate surface area is 133 Å². The van der Waals surface area contributed by atoms with Gasteiger partial charge in [-0.1, -0.05) is 0 Å². The molecule has 3 aromatic rings. The molecule has 2 heterocycles. The molecule has 0 saturated carbocycles. The van der Waals surface area contributed by atoms with Crippen LogP contribution in [0.4, 0.5) is 0 Å². The summed E-state index contributed by atoms with van der Waals surface area (Å²) in [4.78, 5) is 16.3. The summed E-state index contributed by atoms with van der Waals surface area (Å²) in [6, 6.07) is 14.1. The number of benzene rings is 1. The monoisotopic (exact) mass is 303 g/mol. The van der Waals surface area contributed by atoms with E-state index < -0.39 is 0 Å². The van der Waals surface area contributed by atoms with E-state index in [0.717, 1.165) is 5.56 Å². The molecule has 0 aliphatic heterocycles. The van der Waals surface area contributed by atoms with Crippen molar-refractivity contribution in [2.75, 3.05) is 0 Å². The zero-order valence-corrected chi connectivity index (χ0v) is 12.2. The molecule has 1 N–H and O–H groups in total. The average Bonchev–Trinajstić information content (AvgIpc) is 3.15. The molecule has 1 aromatic carbocycles. The molecule has 0 fully saturated rings. The predicted molar refractivity (Wildman–Crippen MR) is 83.7 cm³/mol. The van der Waals surface area contributed by atoms with Crippen molar-refractivity contribution in [3.05, 3.63) is 77.7 Å². The first-order valence-electron chi connectivity index (χ1n) is 6.99. The summed E-state index contributed by atoms with van der Waals surface area (Å²) < 4.78 is 1.66. The van der Waals surface area contributed by atoms with Gasteiger partial charge in [-0.2, -0.15) is 10.4 Å². The number of aromatic nitrogens is 3. The molecule has 0 aliphatic carbocycles. The molecule has 6 heteroatoms. The molecule has 0 radical (unpaired) electrons. The fourth-order valence-electron chi connectivity index (χ4n) is 2.08. The lowest BCUT2D eigenvalue weighted by Crippen LogP contribution is -2.22. The van der Waals surface area contributed by atoms with Gasteiger partial charge in [-0.3, -0.25) is 4.79 Å². The highest BCUT2D eigenvalue weighted by Gasteiger charge is 2.06. The number of nitrogens with zero attached hydrogens (tertiary/aromatic N) is 4. The van der Waals surface area contributed by atoms with Gasteiger partial charge in [0.2, 0.25) is 0 Å². The highest BCUT2D eigenvalue weighted by atomic mass is 16.1. The summed E-state index contributed by atoms with van der Waals surface area (Å²) in [6.07, 6.45) is 5.17. The zero-order chi connectivity index (χ0) is 16.1. The van der Waals surface area contributed by atoms with Gasteiger partial charge in [-0.25, -0.2) is 9.67 Å². The van der Waals surface area contributed by atoms with Gasteiger partial charge in [-0.15, -0.1) is 0 Å². The van der Waals surface area contributed by atoms with Crippen molar-refractivity contribution in [2.45, 2.75) is 6.54 Å². The van der Waals surface area contributed by atoms with Crippen LogP contribution in [0.5, 0.6) is 0 Å². The maximum atomic E-state index is 12.1. The molecule has 112 valence electrons. The van der Waals surface area contributed by atoms with E-state index in [-0.39, 0.29) is 5.91 Å². The second-order valence-electron chi connectivity index (χ2n) is 4.84. The molecule has 1 amide bonds. The van der Waals surface area contributed by atoms with Crippen LogP contribution in [0.25, 0.3) is 5.82 Å². The standard InChI is InChI=1S/C17H13N5O/c18-11-13-2-4-15(5-3-13)17(23)20-12-14-6-8-19-16(10-14)22-9-1-7-21-22/h1-10H,12H2,(H,20,23). The molecule has 3 rings (SSSR count). The van der Waals surface area contributed by atoms with Crippen molar-refractivity contribution >= 4 is 5.91 Å². The van der Waals surface area contributed by atoms with Crippen LogP contribution in [0.1, 0.15) is 21.5 Å². The molecule has 0 unspecified atom stereocenters. The van der Waals surface area contributed by atoms with Crippen LogP contribution in [-0.2, 0) is 6.54 Å². The van der Waals surface area contributed by atoms with E-state index in [2.05, 4.69) is 15.4 Å². The van der Waals surface area contributed by atoms with Gasteiger partial charge in [0.1, 0.15) is 0 Å². The molecule has 0 saturated heterocycles. The van der Waals surface area contributed by atoms with Gasteiger partial charge >= 0.3 is 0 Å². The first kappa shape index (κ1) is 14.5. The summed E-state index contributed by atoms with van der Waals surface area (Å²) in [5, 5.41) is 15.7. The topological polar surface area (TPSA) is 83.6 Å². The van der Waals surface area contributed by atoms with Gasteiger partial charge in [-0.05, 0) is 48.0 Å². The minimum atomic E-state index is -0.188. The third kappa shape index (κ3) is 3.41. The van der Waals surface area contributed by atoms with Gasteiger partial charge in [0, 0.05) is 30.7 Å². The second kappa shape index (κ2) is 6.54. The molecular weight excluding hydrogens is 290 g/mol. The van der Waals surface area contributed by atoms with E-state index in [1.54, 1.807) is 47.5 Å². The number of carbonyl (C=O) groups is 1. The van der Waals surface area contributed by atoms with E-state index in [4.69, 9.17) is 5.26 Å². The number of pyridine rings is 1.